The minimum absolute atomic E-state index is 0.350. The van der Waals surface area contributed by atoms with Crippen LogP contribution >= 0.6 is 0 Å². The molecule has 1 aromatic heterocycles. The Morgan fingerprint density at radius 3 is 2.31 bits per heavy atom. The zero-order valence-corrected chi connectivity index (χ0v) is 19.9. The van der Waals surface area contributed by atoms with Crippen LogP contribution in [0.2, 0.25) is 0 Å². The van der Waals surface area contributed by atoms with Crippen molar-refractivity contribution in [3.8, 4) is 0 Å². The lowest BCUT2D eigenvalue weighted by Crippen LogP contribution is -2.31. The molecule has 2 aromatic carbocycles. The van der Waals surface area contributed by atoms with E-state index >= 15 is 0 Å². The van der Waals surface area contributed by atoms with Gasteiger partial charge in [-0.25, -0.2) is 13.4 Å². The van der Waals surface area contributed by atoms with Gasteiger partial charge in [0.15, 0.2) is 0 Å². The van der Waals surface area contributed by atoms with Gasteiger partial charge < -0.3 is 15.5 Å². The summed E-state index contributed by atoms with van der Waals surface area (Å²) in [5.41, 5.74) is 1.57. The van der Waals surface area contributed by atoms with E-state index in [0.717, 1.165) is 37.7 Å². The van der Waals surface area contributed by atoms with Gasteiger partial charge in [0.25, 0.3) is 5.91 Å². The van der Waals surface area contributed by atoms with Crippen LogP contribution in [0.4, 0.5) is 31.9 Å². The number of amides is 1. The highest BCUT2D eigenvalue weighted by Crippen LogP contribution is 2.25. The van der Waals surface area contributed by atoms with Crippen molar-refractivity contribution >= 4 is 38.9 Å². The van der Waals surface area contributed by atoms with Gasteiger partial charge in [0.2, 0.25) is 15.8 Å². The van der Waals surface area contributed by atoms with Crippen LogP contribution in [0.1, 0.15) is 35.3 Å². The lowest BCUT2D eigenvalue weighted by Gasteiger charge is -2.27. The van der Waals surface area contributed by atoms with E-state index in [2.05, 4.69) is 25.5 Å². The molecule has 0 saturated carbocycles. The topological polar surface area (TPSA) is 104 Å². The van der Waals surface area contributed by atoms with Crippen LogP contribution < -0.4 is 15.5 Å². The molecule has 8 nitrogen and oxygen atoms in total. The van der Waals surface area contributed by atoms with Gasteiger partial charge >= 0.3 is 5.76 Å². The van der Waals surface area contributed by atoms with Crippen LogP contribution in [-0.2, 0) is 9.84 Å². The second-order valence-corrected chi connectivity index (χ2v) is 10.1. The minimum Gasteiger partial charge on any atom is -0.341 e. The van der Waals surface area contributed by atoms with Crippen LogP contribution in [0.25, 0.3) is 0 Å². The van der Waals surface area contributed by atoms with Crippen LogP contribution in [0.3, 0.4) is 0 Å². The first-order valence-electron chi connectivity index (χ1n) is 11.1. The minimum atomic E-state index is -4.92. The Morgan fingerprint density at radius 2 is 1.63 bits per heavy atom. The van der Waals surface area contributed by atoms with Gasteiger partial charge in [0.05, 0.1) is 10.5 Å². The monoisotopic (exact) mass is 501 g/mol. The third-order valence-corrected chi connectivity index (χ3v) is 7.01. The Labute approximate surface area is 202 Å². The summed E-state index contributed by atoms with van der Waals surface area (Å²) in [5.74, 6) is -3.10. The van der Waals surface area contributed by atoms with E-state index in [1.165, 1.54) is 24.6 Å². The highest BCUT2D eigenvalue weighted by atomic mass is 32.2. The summed E-state index contributed by atoms with van der Waals surface area (Å²) < 4.78 is 49.9. The number of carbonyl (C=O) groups excluding carboxylic acids is 1. The summed E-state index contributed by atoms with van der Waals surface area (Å²) in [4.78, 5) is 23.3. The number of hydrogen-bond donors (Lipinski definition) is 2. The molecular weight excluding hydrogens is 476 g/mol. The molecule has 35 heavy (non-hydrogen) atoms. The van der Waals surface area contributed by atoms with E-state index in [0.29, 0.717) is 23.1 Å². The van der Waals surface area contributed by atoms with Crippen LogP contribution in [0.15, 0.2) is 59.5 Å². The van der Waals surface area contributed by atoms with E-state index < -0.39 is 26.4 Å². The van der Waals surface area contributed by atoms with E-state index in [1.807, 2.05) is 13.0 Å². The molecule has 184 valence electrons. The number of nitrogens with zero attached hydrogens (tertiary/aromatic N) is 3. The number of hydrogen-bond acceptors (Lipinski definition) is 7. The lowest BCUT2D eigenvalue weighted by atomic mass is 10.1. The van der Waals surface area contributed by atoms with Crippen LogP contribution in [0, 0.1) is 6.92 Å². The Morgan fingerprint density at radius 1 is 0.971 bits per heavy atom. The van der Waals surface area contributed by atoms with E-state index in [-0.39, 0.29) is 5.56 Å². The number of aromatic nitrogens is 2. The Hall–Kier alpha value is -3.60. The fourth-order valence-corrected chi connectivity index (χ4v) is 4.76. The number of benzene rings is 2. The number of alkyl halides is 2. The molecule has 2 N–H and O–H groups in total. The zero-order valence-electron chi connectivity index (χ0n) is 19.0. The van der Waals surface area contributed by atoms with E-state index in [9.17, 15) is 22.0 Å². The van der Waals surface area contributed by atoms with Crippen molar-refractivity contribution in [1.29, 1.82) is 0 Å². The number of nitrogens with one attached hydrogen (secondary N) is 2. The fraction of sp³-hybridized carbons (Fsp3) is 0.292. The molecule has 11 heteroatoms. The Balaban J connectivity index is 1.47. The molecule has 1 saturated heterocycles. The van der Waals surface area contributed by atoms with E-state index in [4.69, 9.17) is 0 Å². The lowest BCUT2D eigenvalue weighted by molar-refractivity contribution is 0.102. The number of rotatable bonds is 7. The largest absolute Gasteiger partial charge is 0.341 e. The molecule has 0 spiro atoms. The number of aryl methyl sites for hydroxylation is 1. The van der Waals surface area contributed by atoms with Crippen molar-refractivity contribution in [1.82, 2.24) is 9.97 Å². The molecule has 1 aliphatic rings. The molecule has 0 radical (unpaired) electrons. The Kier molecular flexibility index (Phi) is 7.25. The predicted octanol–water partition coefficient (Wildman–Crippen LogP) is 4.77. The number of piperidine rings is 1. The highest BCUT2D eigenvalue weighted by Gasteiger charge is 2.30. The smallest absolute Gasteiger partial charge is 0.341 e. The van der Waals surface area contributed by atoms with E-state index in [1.54, 1.807) is 24.3 Å². The molecule has 3 aromatic rings. The van der Waals surface area contributed by atoms with Crippen molar-refractivity contribution in [2.24, 2.45) is 0 Å². The average molecular weight is 502 g/mol. The molecule has 0 aliphatic carbocycles. The van der Waals surface area contributed by atoms with Gasteiger partial charge in [-0.3, -0.25) is 4.79 Å². The molecule has 4 rings (SSSR count). The summed E-state index contributed by atoms with van der Waals surface area (Å²) >= 11 is 0. The molecule has 1 fully saturated rings. The first kappa shape index (κ1) is 24.5. The SMILES string of the molecule is Cc1cc(Nc2ccc(NC(=O)c3ccccc3S(=O)(=O)C(F)F)cc2)nc(N2CCCCC2)n1. The second kappa shape index (κ2) is 10.3. The normalized spacial score (nSPS) is 14.1. The third-order valence-electron chi connectivity index (χ3n) is 5.57. The van der Waals surface area contributed by atoms with Crippen LogP contribution in [-0.4, -0.2) is 43.1 Å². The predicted molar refractivity (Wildman–Crippen MR) is 130 cm³/mol. The number of anilines is 4. The maximum Gasteiger partial charge on any atom is 0.341 e. The molecular formula is C24H25F2N5O3S. The molecule has 0 bridgehead atoms. The van der Waals surface area contributed by atoms with Gasteiger partial charge in [-0.15, -0.1) is 0 Å². The second-order valence-electron chi connectivity index (χ2n) is 8.20. The quantitative estimate of drug-likeness (QED) is 0.481. The van der Waals surface area contributed by atoms with Crippen molar-refractivity contribution in [2.75, 3.05) is 28.6 Å². The third kappa shape index (κ3) is 5.73. The molecule has 0 unspecified atom stereocenters. The maximum absolute atomic E-state index is 13.0. The maximum atomic E-state index is 13.0. The van der Waals surface area contributed by atoms with Crippen molar-refractivity contribution in [3.63, 3.8) is 0 Å². The van der Waals surface area contributed by atoms with Gasteiger partial charge in [-0.1, -0.05) is 12.1 Å². The zero-order chi connectivity index (χ0) is 25.0. The number of sulfone groups is 1. The fourth-order valence-electron chi connectivity index (χ4n) is 3.83. The molecule has 1 amide bonds. The Bertz CT molecular complexity index is 1310. The molecule has 2 heterocycles. The van der Waals surface area contributed by atoms with Crippen molar-refractivity contribution < 1.29 is 22.0 Å². The first-order chi connectivity index (χ1) is 16.7. The number of halogens is 2. The summed E-state index contributed by atoms with van der Waals surface area (Å²) in [6.45, 7) is 3.77. The standard InChI is InChI=1S/C24H25F2N5O3S/c1-16-15-21(30-24(27-16)31-13-5-2-6-14-31)28-17-9-11-18(12-10-17)29-22(32)19-7-3-4-8-20(19)35(33,34)23(25)26/h3-4,7-12,15,23H,2,5-6,13-14H2,1H3,(H,29,32)(H,27,28,30). The summed E-state index contributed by atoms with van der Waals surface area (Å²) in [6.07, 6.45) is 3.45. The van der Waals surface area contributed by atoms with Crippen LogP contribution in [0.5, 0.6) is 0 Å². The van der Waals surface area contributed by atoms with Gasteiger partial charge in [0, 0.05) is 36.2 Å². The van der Waals surface area contributed by atoms with Crippen molar-refractivity contribution in [3.05, 3.63) is 65.9 Å². The van der Waals surface area contributed by atoms with Crippen molar-refractivity contribution in [2.45, 2.75) is 36.8 Å². The first-order valence-corrected chi connectivity index (χ1v) is 12.7. The molecule has 1 aliphatic heterocycles. The number of carbonyl (C=O) groups is 1. The summed E-state index contributed by atoms with van der Waals surface area (Å²) in [7, 11) is -4.92. The summed E-state index contributed by atoms with van der Waals surface area (Å²) in [5, 5.41) is 5.78. The summed E-state index contributed by atoms with van der Waals surface area (Å²) in [6, 6.07) is 13.4. The average Bonchev–Trinajstić information content (AvgIpc) is 2.85. The molecule has 0 atom stereocenters. The van der Waals surface area contributed by atoms with Gasteiger partial charge in [0.1, 0.15) is 5.82 Å². The highest BCUT2D eigenvalue weighted by molar-refractivity contribution is 7.91. The van der Waals surface area contributed by atoms with Gasteiger partial charge in [-0.05, 0) is 62.6 Å². The van der Waals surface area contributed by atoms with Gasteiger partial charge in [-0.2, -0.15) is 13.8 Å².